The van der Waals surface area contributed by atoms with Gasteiger partial charge in [-0.3, -0.25) is 0 Å². The van der Waals surface area contributed by atoms with Crippen LogP contribution in [0.1, 0.15) is 69.3 Å². The third kappa shape index (κ3) is 3.06. The number of allylic oxidation sites excluding steroid dienone is 1. The molecule has 0 saturated heterocycles. The number of hydrogen-bond acceptors (Lipinski definition) is 1. The number of benzene rings is 1. The van der Waals surface area contributed by atoms with Gasteiger partial charge in [-0.2, -0.15) is 0 Å². The van der Waals surface area contributed by atoms with Crippen LogP contribution >= 0.6 is 11.3 Å². The molecular weight excluding hydrogens is 384 g/mol. The van der Waals surface area contributed by atoms with Gasteiger partial charge in [0.05, 0.1) is 5.69 Å². The molecule has 0 unspecified atom stereocenters. The zero-order valence-electron chi connectivity index (χ0n) is 18.5. The van der Waals surface area contributed by atoms with E-state index in [9.17, 15) is 0 Å². The molecule has 1 aromatic carbocycles. The molecule has 0 bridgehead atoms. The van der Waals surface area contributed by atoms with Crippen LogP contribution in [0, 0.1) is 6.92 Å². The van der Waals surface area contributed by atoms with Crippen LogP contribution in [0.5, 0.6) is 0 Å². The standard InChI is InChI=1S/C27H32N2S/c1-4-6-16-28-19(3)25(22-12-7-8-13-23(22)28)26(20-10-9-11-20)24-18-21-14-17-30-27(21)29(24)15-5-2/h7-8,12-14,17-18H,4-6,9-11,15-16H2,1-3H3. The Bertz CT molecular complexity index is 1220. The molecule has 0 aliphatic heterocycles. The molecule has 0 radical (unpaired) electrons. The van der Waals surface area contributed by atoms with Crippen LogP contribution in [-0.4, -0.2) is 9.13 Å². The van der Waals surface area contributed by atoms with Gasteiger partial charge in [0.1, 0.15) is 4.83 Å². The van der Waals surface area contributed by atoms with Gasteiger partial charge in [-0.15, -0.1) is 11.3 Å². The van der Waals surface area contributed by atoms with Gasteiger partial charge < -0.3 is 9.13 Å². The lowest BCUT2D eigenvalue weighted by atomic mass is 9.83. The number of aryl methyl sites for hydroxylation is 2. The van der Waals surface area contributed by atoms with E-state index in [1.54, 1.807) is 5.57 Å². The fraction of sp³-hybridized carbons (Fsp3) is 0.407. The average molecular weight is 417 g/mol. The first kappa shape index (κ1) is 19.7. The minimum Gasteiger partial charge on any atom is -0.344 e. The van der Waals surface area contributed by atoms with Gasteiger partial charge in [0.15, 0.2) is 0 Å². The van der Waals surface area contributed by atoms with Crippen LogP contribution < -0.4 is 0 Å². The fourth-order valence-electron chi connectivity index (χ4n) is 5.07. The Morgan fingerprint density at radius 2 is 1.83 bits per heavy atom. The van der Waals surface area contributed by atoms with Crippen LogP contribution in [0.4, 0.5) is 0 Å². The van der Waals surface area contributed by atoms with E-state index in [4.69, 9.17) is 0 Å². The third-order valence-corrected chi connectivity index (χ3v) is 7.68. The van der Waals surface area contributed by atoms with Crippen LogP contribution in [0.15, 0.2) is 47.4 Å². The molecule has 0 amide bonds. The average Bonchev–Trinajstić information content (AvgIpc) is 3.37. The minimum absolute atomic E-state index is 1.09. The lowest BCUT2D eigenvalue weighted by molar-refractivity contribution is 0.636. The Hall–Kier alpha value is -2.26. The van der Waals surface area contributed by atoms with E-state index in [1.165, 1.54) is 75.7 Å². The lowest BCUT2D eigenvalue weighted by Gasteiger charge is -2.24. The molecule has 1 aliphatic carbocycles. The molecule has 4 aromatic rings. The summed E-state index contributed by atoms with van der Waals surface area (Å²) in [7, 11) is 0. The molecule has 0 atom stereocenters. The van der Waals surface area contributed by atoms with Crippen molar-refractivity contribution in [1.29, 1.82) is 0 Å². The maximum Gasteiger partial charge on any atom is 0.103 e. The van der Waals surface area contributed by atoms with Crippen molar-refractivity contribution in [3.05, 3.63) is 64.3 Å². The molecule has 1 aliphatic rings. The highest BCUT2D eigenvalue weighted by Gasteiger charge is 2.26. The predicted molar refractivity (Wildman–Crippen MR) is 132 cm³/mol. The number of rotatable bonds is 7. The minimum atomic E-state index is 1.09. The van der Waals surface area contributed by atoms with Crippen molar-refractivity contribution < 1.29 is 0 Å². The second-order valence-corrected chi connectivity index (χ2v) is 9.57. The molecule has 3 heterocycles. The molecule has 3 heteroatoms. The number of hydrogen-bond donors (Lipinski definition) is 0. The van der Waals surface area contributed by atoms with E-state index >= 15 is 0 Å². The fourth-order valence-corrected chi connectivity index (χ4v) is 5.99. The Morgan fingerprint density at radius 3 is 2.57 bits per heavy atom. The lowest BCUT2D eigenvalue weighted by Crippen LogP contribution is -2.09. The van der Waals surface area contributed by atoms with E-state index in [-0.39, 0.29) is 0 Å². The van der Waals surface area contributed by atoms with Crippen LogP contribution in [-0.2, 0) is 13.1 Å². The van der Waals surface area contributed by atoms with Crippen molar-refractivity contribution >= 4 is 38.0 Å². The summed E-state index contributed by atoms with van der Waals surface area (Å²) in [6.45, 7) is 9.12. The van der Waals surface area contributed by atoms with Crippen molar-refractivity contribution in [2.45, 2.75) is 72.4 Å². The molecule has 5 rings (SSSR count). The third-order valence-electron chi connectivity index (χ3n) is 6.73. The SMILES string of the molecule is CCCCn1c(C)c(C(=C2CCC2)c2cc3ccsc3n2CCC)c2ccccc21. The maximum atomic E-state index is 2.60. The first-order valence-corrected chi connectivity index (χ1v) is 12.5. The van der Waals surface area contributed by atoms with Gasteiger partial charge >= 0.3 is 0 Å². The highest BCUT2D eigenvalue weighted by atomic mass is 32.1. The normalized spacial score (nSPS) is 14.0. The molecular formula is C27H32N2S. The summed E-state index contributed by atoms with van der Waals surface area (Å²) in [5, 5.41) is 5.06. The first-order valence-electron chi connectivity index (χ1n) is 11.6. The highest BCUT2D eigenvalue weighted by Crippen LogP contribution is 2.44. The van der Waals surface area contributed by atoms with E-state index in [2.05, 4.69) is 71.7 Å². The number of fused-ring (bicyclic) bond motifs is 2. The van der Waals surface area contributed by atoms with Gasteiger partial charge in [0.2, 0.25) is 0 Å². The molecule has 3 aromatic heterocycles. The summed E-state index contributed by atoms with van der Waals surface area (Å²) >= 11 is 1.88. The zero-order chi connectivity index (χ0) is 20.7. The highest BCUT2D eigenvalue weighted by molar-refractivity contribution is 7.16. The molecule has 2 nitrogen and oxygen atoms in total. The van der Waals surface area contributed by atoms with E-state index in [0.29, 0.717) is 0 Å². The summed E-state index contributed by atoms with van der Waals surface area (Å²) in [4.78, 5) is 1.43. The number of thiophene rings is 1. The van der Waals surface area contributed by atoms with E-state index in [1.807, 2.05) is 11.3 Å². The second-order valence-electron chi connectivity index (χ2n) is 8.68. The molecule has 1 saturated carbocycles. The molecule has 0 spiro atoms. The van der Waals surface area contributed by atoms with Gasteiger partial charge in [-0.05, 0) is 62.6 Å². The number of nitrogens with zero attached hydrogens (tertiary/aromatic N) is 2. The molecule has 156 valence electrons. The Kier molecular flexibility index (Phi) is 5.32. The quantitative estimate of drug-likeness (QED) is 0.287. The van der Waals surface area contributed by atoms with Crippen molar-refractivity contribution in [1.82, 2.24) is 9.13 Å². The summed E-state index contributed by atoms with van der Waals surface area (Å²) in [6, 6.07) is 13.8. The smallest absolute Gasteiger partial charge is 0.103 e. The van der Waals surface area contributed by atoms with Gasteiger partial charge in [0, 0.05) is 46.2 Å². The monoisotopic (exact) mass is 416 g/mol. The zero-order valence-corrected chi connectivity index (χ0v) is 19.3. The summed E-state index contributed by atoms with van der Waals surface area (Å²) in [6.07, 6.45) is 7.43. The predicted octanol–water partition coefficient (Wildman–Crippen LogP) is 8.16. The molecule has 30 heavy (non-hydrogen) atoms. The largest absolute Gasteiger partial charge is 0.344 e. The molecule has 1 fully saturated rings. The second kappa shape index (κ2) is 8.11. The van der Waals surface area contributed by atoms with Gasteiger partial charge in [-0.1, -0.05) is 44.0 Å². The Morgan fingerprint density at radius 1 is 1.00 bits per heavy atom. The maximum absolute atomic E-state index is 2.60. The van der Waals surface area contributed by atoms with Crippen LogP contribution in [0.3, 0.4) is 0 Å². The van der Waals surface area contributed by atoms with Crippen LogP contribution in [0.25, 0.3) is 26.7 Å². The van der Waals surface area contributed by atoms with Gasteiger partial charge in [0.25, 0.3) is 0 Å². The van der Waals surface area contributed by atoms with Crippen LogP contribution in [0.2, 0.25) is 0 Å². The number of para-hydroxylation sites is 1. The Labute approximate surface area is 183 Å². The Balaban J connectivity index is 1.79. The van der Waals surface area contributed by atoms with Crippen molar-refractivity contribution in [2.75, 3.05) is 0 Å². The van der Waals surface area contributed by atoms with Gasteiger partial charge in [-0.25, -0.2) is 0 Å². The van der Waals surface area contributed by atoms with Crippen molar-refractivity contribution in [2.24, 2.45) is 0 Å². The van der Waals surface area contributed by atoms with E-state index in [0.717, 1.165) is 19.5 Å². The summed E-state index contributed by atoms with van der Waals surface area (Å²) < 4.78 is 5.17. The first-order chi connectivity index (χ1) is 14.7. The van der Waals surface area contributed by atoms with Crippen molar-refractivity contribution in [3.63, 3.8) is 0 Å². The molecule has 0 N–H and O–H groups in total. The van der Waals surface area contributed by atoms with E-state index < -0.39 is 0 Å². The summed E-state index contributed by atoms with van der Waals surface area (Å²) in [5.41, 5.74) is 8.94. The number of unbranched alkanes of at least 4 members (excludes halogenated alkanes) is 1. The summed E-state index contributed by atoms with van der Waals surface area (Å²) in [5.74, 6) is 0. The van der Waals surface area contributed by atoms with Crippen molar-refractivity contribution in [3.8, 4) is 0 Å². The topological polar surface area (TPSA) is 9.86 Å². The number of aromatic nitrogens is 2.